The zero-order chi connectivity index (χ0) is 20.3. The molecule has 0 aromatic heterocycles. The maximum atomic E-state index is 10.3. The minimum absolute atomic E-state index is 0.291. The number of thioether (sulfide) groups is 1. The van der Waals surface area contributed by atoms with Gasteiger partial charge in [-0.25, -0.2) is 0 Å². The van der Waals surface area contributed by atoms with Gasteiger partial charge in [0.05, 0.1) is 7.11 Å². The molecule has 3 rings (SSSR count). The molecule has 29 heavy (non-hydrogen) atoms. The highest BCUT2D eigenvalue weighted by Gasteiger charge is 2.16. The van der Waals surface area contributed by atoms with Crippen LogP contribution in [0.4, 0.5) is 0 Å². The average molecular weight is 423 g/mol. The van der Waals surface area contributed by atoms with Crippen molar-refractivity contribution in [2.75, 3.05) is 44.9 Å². The first-order valence-corrected chi connectivity index (χ1v) is 12.4. The van der Waals surface area contributed by atoms with Gasteiger partial charge in [-0.3, -0.25) is 4.90 Å². The molecule has 1 aromatic carbocycles. The van der Waals surface area contributed by atoms with E-state index in [4.69, 9.17) is 9.47 Å². The fourth-order valence-electron chi connectivity index (χ4n) is 4.18. The number of rotatable bonds is 9. The van der Waals surface area contributed by atoms with E-state index in [1.165, 1.54) is 50.5 Å². The molecule has 1 unspecified atom stereocenters. The van der Waals surface area contributed by atoms with E-state index in [2.05, 4.69) is 22.3 Å². The first kappa shape index (κ1) is 22.7. The van der Waals surface area contributed by atoms with Crippen LogP contribution in [0, 0.1) is 0 Å². The minimum atomic E-state index is -0.483. The zero-order valence-corrected chi connectivity index (χ0v) is 18.7. The van der Waals surface area contributed by atoms with Gasteiger partial charge in [0.2, 0.25) is 0 Å². The molecule has 1 saturated carbocycles. The lowest BCUT2D eigenvalue weighted by Crippen LogP contribution is -2.40. The topological polar surface area (TPSA) is 54.0 Å². The molecule has 0 bridgehead atoms. The number of aliphatic hydroxyl groups excluding tert-OH is 1. The lowest BCUT2D eigenvalue weighted by Gasteiger charge is -2.28. The Kier molecular flexibility index (Phi) is 9.94. The van der Waals surface area contributed by atoms with Gasteiger partial charge in [0.15, 0.2) is 11.5 Å². The van der Waals surface area contributed by atoms with E-state index in [-0.39, 0.29) is 0 Å². The molecule has 1 atom stereocenters. The molecule has 1 aliphatic carbocycles. The third-order valence-electron chi connectivity index (χ3n) is 5.93. The molecule has 2 fully saturated rings. The van der Waals surface area contributed by atoms with E-state index >= 15 is 0 Å². The van der Waals surface area contributed by atoms with Gasteiger partial charge in [0, 0.05) is 43.7 Å². The second-order valence-corrected chi connectivity index (χ2v) is 9.51. The number of aliphatic hydroxyl groups is 1. The third kappa shape index (κ3) is 8.00. The Hall–Kier alpha value is -0.950. The van der Waals surface area contributed by atoms with Crippen LogP contribution in [-0.2, 0) is 6.54 Å². The highest BCUT2D eigenvalue weighted by atomic mass is 32.2. The van der Waals surface area contributed by atoms with Crippen LogP contribution >= 0.6 is 11.8 Å². The molecular formula is C23H38N2O3S. The van der Waals surface area contributed by atoms with Crippen LogP contribution < -0.4 is 14.8 Å². The third-order valence-corrected chi connectivity index (χ3v) is 6.87. The first-order chi connectivity index (χ1) is 14.2. The summed E-state index contributed by atoms with van der Waals surface area (Å²) in [6.45, 7) is 3.92. The molecule has 2 aliphatic rings. The monoisotopic (exact) mass is 422 g/mol. The van der Waals surface area contributed by atoms with E-state index in [1.807, 2.05) is 17.8 Å². The molecule has 5 nitrogen and oxygen atoms in total. The molecule has 1 aliphatic heterocycles. The van der Waals surface area contributed by atoms with Crippen LogP contribution in [0.2, 0.25) is 0 Å². The summed E-state index contributed by atoms with van der Waals surface area (Å²) >= 11 is 1.98. The summed E-state index contributed by atoms with van der Waals surface area (Å²) in [6.07, 6.45) is 8.91. The number of β-amino-alcohol motifs (C(OH)–C–C–N with tert-alkyl or cyclic N) is 1. The summed E-state index contributed by atoms with van der Waals surface area (Å²) < 4.78 is 11.4. The molecule has 0 amide bonds. The molecule has 164 valence electrons. The van der Waals surface area contributed by atoms with E-state index < -0.39 is 6.10 Å². The summed E-state index contributed by atoms with van der Waals surface area (Å²) in [5.41, 5.74) is 1.21. The fraction of sp³-hybridized carbons (Fsp3) is 0.739. The Bertz CT molecular complexity index is 587. The van der Waals surface area contributed by atoms with Gasteiger partial charge < -0.3 is 19.9 Å². The number of hydrogen-bond donors (Lipinski definition) is 2. The number of hydrogen-bond acceptors (Lipinski definition) is 6. The van der Waals surface area contributed by atoms with Crippen LogP contribution in [-0.4, -0.2) is 67.0 Å². The van der Waals surface area contributed by atoms with Crippen LogP contribution in [0.15, 0.2) is 18.2 Å². The number of methoxy groups -OCH3 is 1. The van der Waals surface area contributed by atoms with Gasteiger partial charge in [0.1, 0.15) is 12.7 Å². The largest absolute Gasteiger partial charge is 0.493 e. The van der Waals surface area contributed by atoms with Gasteiger partial charge >= 0.3 is 0 Å². The molecule has 1 aromatic rings. The Morgan fingerprint density at radius 2 is 1.83 bits per heavy atom. The number of benzene rings is 1. The Labute approximate surface area is 180 Å². The summed E-state index contributed by atoms with van der Waals surface area (Å²) in [5.74, 6) is 3.74. The fourth-order valence-corrected chi connectivity index (χ4v) is 5.16. The summed E-state index contributed by atoms with van der Waals surface area (Å²) in [7, 11) is 1.68. The highest BCUT2D eigenvalue weighted by molar-refractivity contribution is 7.99. The molecule has 0 radical (unpaired) electrons. The van der Waals surface area contributed by atoms with E-state index in [9.17, 15) is 5.11 Å². The normalized spacial score (nSPS) is 20.6. The molecule has 0 spiro atoms. The number of nitrogens with one attached hydrogen (secondary N) is 1. The summed E-state index contributed by atoms with van der Waals surface area (Å²) in [5, 5.41) is 14.1. The minimum Gasteiger partial charge on any atom is -0.493 e. The van der Waals surface area contributed by atoms with Crippen LogP contribution in [0.3, 0.4) is 0 Å². The van der Waals surface area contributed by atoms with Crippen LogP contribution in [0.5, 0.6) is 11.5 Å². The van der Waals surface area contributed by atoms with Crippen molar-refractivity contribution in [1.29, 1.82) is 0 Å². The predicted molar refractivity (Wildman–Crippen MR) is 121 cm³/mol. The molecule has 1 heterocycles. The van der Waals surface area contributed by atoms with Crippen molar-refractivity contribution in [2.45, 2.75) is 63.6 Å². The summed E-state index contributed by atoms with van der Waals surface area (Å²) in [6, 6.07) is 6.75. The predicted octanol–water partition coefficient (Wildman–Crippen LogP) is 3.69. The van der Waals surface area contributed by atoms with Gasteiger partial charge in [-0.15, -0.1) is 0 Å². The van der Waals surface area contributed by atoms with Crippen molar-refractivity contribution in [3.8, 4) is 11.5 Å². The van der Waals surface area contributed by atoms with E-state index in [0.29, 0.717) is 24.9 Å². The molecular weight excluding hydrogens is 384 g/mol. The van der Waals surface area contributed by atoms with Crippen molar-refractivity contribution < 1.29 is 14.6 Å². The molecule has 2 N–H and O–H groups in total. The zero-order valence-electron chi connectivity index (χ0n) is 17.9. The van der Waals surface area contributed by atoms with Gasteiger partial charge in [-0.05, 0) is 30.5 Å². The van der Waals surface area contributed by atoms with Crippen molar-refractivity contribution >= 4 is 11.8 Å². The number of ether oxygens (including phenoxy) is 2. The van der Waals surface area contributed by atoms with Crippen LogP contribution in [0.25, 0.3) is 0 Å². The van der Waals surface area contributed by atoms with Crippen molar-refractivity contribution in [3.05, 3.63) is 23.8 Å². The Morgan fingerprint density at radius 3 is 2.55 bits per heavy atom. The maximum Gasteiger partial charge on any atom is 0.161 e. The summed E-state index contributed by atoms with van der Waals surface area (Å²) in [4.78, 5) is 2.31. The average Bonchev–Trinajstić information content (AvgIpc) is 2.72. The van der Waals surface area contributed by atoms with E-state index in [0.717, 1.165) is 36.9 Å². The molecule has 1 saturated heterocycles. The lowest BCUT2D eigenvalue weighted by atomic mass is 9.96. The quantitative estimate of drug-likeness (QED) is 0.633. The maximum absolute atomic E-state index is 10.3. The van der Waals surface area contributed by atoms with Gasteiger partial charge in [-0.1, -0.05) is 38.2 Å². The van der Waals surface area contributed by atoms with Crippen molar-refractivity contribution in [3.63, 3.8) is 0 Å². The number of nitrogens with zero attached hydrogens (tertiary/aromatic N) is 1. The smallest absolute Gasteiger partial charge is 0.161 e. The van der Waals surface area contributed by atoms with Gasteiger partial charge in [-0.2, -0.15) is 11.8 Å². The van der Waals surface area contributed by atoms with Crippen LogP contribution in [0.1, 0.15) is 50.5 Å². The highest BCUT2D eigenvalue weighted by Crippen LogP contribution is 2.28. The van der Waals surface area contributed by atoms with Crippen molar-refractivity contribution in [2.24, 2.45) is 0 Å². The first-order valence-electron chi connectivity index (χ1n) is 11.3. The second-order valence-electron chi connectivity index (χ2n) is 8.29. The second kappa shape index (κ2) is 12.7. The van der Waals surface area contributed by atoms with E-state index in [1.54, 1.807) is 7.11 Å². The van der Waals surface area contributed by atoms with Crippen molar-refractivity contribution in [1.82, 2.24) is 10.2 Å². The Balaban J connectivity index is 1.46. The lowest BCUT2D eigenvalue weighted by molar-refractivity contribution is 0.0705. The Morgan fingerprint density at radius 1 is 1.10 bits per heavy atom. The standard InChI is InChI=1S/C23H38N2O3S/c1-27-23-15-19(16-24-20-7-5-3-2-4-6-8-20)9-10-22(23)28-18-21(26)17-25-11-13-29-14-12-25/h9-10,15,20-21,24,26H,2-8,11-14,16-18H2,1H3. The SMILES string of the molecule is COc1cc(CNC2CCCCCCC2)ccc1OCC(O)CN1CCSCC1. The molecule has 6 heteroatoms. The van der Waals surface area contributed by atoms with Gasteiger partial charge in [0.25, 0.3) is 0 Å².